The molecule has 0 aliphatic heterocycles. The lowest BCUT2D eigenvalue weighted by Gasteiger charge is -2.18. The first kappa shape index (κ1) is 28.2. The molecule has 3 heterocycles. The van der Waals surface area contributed by atoms with Gasteiger partial charge in [0.2, 0.25) is 0 Å². The number of hydrogen-bond acceptors (Lipinski definition) is 7. The summed E-state index contributed by atoms with van der Waals surface area (Å²) in [5.41, 5.74) is 4.44. The van der Waals surface area contributed by atoms with Crippen LogP contribution < -0.4 is 20.9 Å². The minimum absolute atomic E-state index is 0.104. The van der Waals surface area contributed by atoms with Crippen LogP contribution in [0.2, 0.25) is 0 Å². The van der Waals surface area contributed by atoms with Crippen molar-refractivity contribution >= 4 is 23.1 Å². The lowest BCUT2D eigenvalue weighted by atomic mass is 9.91. The zero-order valence-corrected chi connectivity index (χ0v) is 24.2. The first-order chi connectivity index (χ1) is 20.1. The van der Waals surface area contributed by atoms with Gasteiger partial charge < -0.3 is 19.9 Å². The van der Waals surface area contributed by atoms with Gasteiger partial charge in [-0.1, -0.05) is 39.0 Å². The second kappa shape index (κ2) is 11.7. The number of ether oxygens (including phenoxy) is 1. The SMILES string of the molecule is Cc1c(NC(=O)c2ccc(C(C)(C)C)nc2)cccc1-c1cn(C)c(=O)c(Nc2cccc(Oc3cccnc3)c2)n1. The van der Waals surface area contributed by atoms with Crippen LogP contribution >= 0.6 is 0 Å². The molecule has 0 aliphatic rings. The number of nitrogens with zero attached hydrogens (tertiary/aromatic N) is 4. The summed E-state index contributed by atoms with van der Waals surface area (Å²) in [6.45, 7) is 8.14. The molecule has 5 aromatic rings. The van der Waals surface area contributed by atoms with E-state index in [1.54, 1.807) is 50.0 Å². The van der Waals surface area contributed by atoms with E-state index in [4.69, 9.17) is 4.74 Å². The number of pyridine rings is 2. The Labute approximate surface area is 244 Å². The van der Waals surface area contributed by atoms with Gasteiger partial charge in [-0.05, 0) is 55.0 Å². The molecule has 0 radical (unpaired) electrons. The van der Waals surface area contributed by atoms with Crippen LogP contribution in [0.25, 0.3) is 11.3 Å². The van der Waals surface area contributed by atoms with Gasteiger partial charge in [-0.3, -0.25) is 19.6 Å². The number of hydrogen-bond donors (Lipinski definition) is 2. The van der Waals surface area contributed by atoms with E-state index in [0.29, 0.717) is 34.1 Å². The molecule has 1 amide bonds. The second-order valence-corrected chi connectivity index (χ2v) is 10.9. The number of amides is 1. The molecule has 0 aliphatic carbocycles. The van der Waals surface area contributed by atoms with E-state index in [0.717, 1.165) is 16.8 Å². The van der Waals surface area contributed by atoms with Crippen LogP contribution in [0.1, 0.15) is 42.4 Å². The molecule has 0 spiro atoms. The molecule has 0 saturated heterocycles. The standard InChI is InChI=1S/C33H32N6O3/c1-21-26(12-7-13-27(21)38-31(40)22-14-15-29(35-18-22)33(2,3)4)28-20-39(5)32(41)30(37-28)36-23-9-6-10-24(17-23)42-25-11-8-16-34-19-25/h6-20H,1-5H3,(H,36,37)(H,38,40). The van der Waals surface area contributed by atoms with E-state index in [2.05, 4.69) is 46.4 Å². The minimum atomic E-state index is -0.286. The topological polar surface area (TPSA) is 111 Å². The van der Waals surface area contributed by atoms with E-state index in [1.165, 1.54) is 4.57 Å². The molecule has 9 nitrogen and oxygen atoms in total. The highest BCUT2D eigenvalue weighted by Gasteiger charge is 2.18. The summed E-state index contributed by atoms with van der Waals surface area (Å²) < 4.78 is 7.35. The number of anilines is 3. The van der Waals surface area contributed by atoms with Crippen LogP contribution in [0.5, 0.6) is 11.5 Å². The van der Waals surface area contributed by atoms with Gasteiger partial charge in [-0.15, -0.1) is 0 Å². The molecule has 42 heavy (non-hydrogen) atoms. The Bertz CT molecular complexity index is 1790. The molecule has 2 aromatic carbocycles. The fourth-order valence-corrected chi connectivity index (χ4v) is 4.35. The van der Waals surface area contributed by atoms with Crippen LogP contribution in [-0.4, -0.2) is 25.4 Å². The third-order valence-electron chi connectivity index (χ3n) is 6.69. The van der Waals surface area contributed by atoms with Gasteiger partial charge in [-0.25, -0.2) is 4.98 Å². The van der Waals surface area contributed by atoms with E-state index in [1.807, 2.05) is 55.5 Å². The average molecular weight is 561 g/mol. The summed E-state index contributed by atoms with van der Waals surface area (Å²) >= 11 is 0. The fourth-order valence-electron chi connectivity index (χ4n) is 4.35. The number of nitrogens with one attached hydrogen (secondary N) is 2. The Morgan fingerprint density at radius 2 is 1.74 bits per heavy atom. The molecule has 0 bridgehead atoms. The van der Waals surface area contributed by atoms with Crippen LogP contribution in [0, 0.1) is 6.92 Å². The Morgan fingerprint density at radius 3 is 2.45 bits per heavy atom. The highest BCUT2D eigenvalue weighted by Crippen LogP contribution is 2.29. The van der Waals surface area contributed by atoms with Gasteiger partial charge >= 0.3 is 0 Å². The normalized spacial score (nSPS) is 11.2. The van der Waals surface area contributed by atoms with Crippen molar-refractivity contribution in [2.45, 2.75) is 33.1 Å². The summed E-state index contributed by atoms with van der Waals surface area (Å²) in [6, 6.07) is 20.1. The number of aryl methyl sites for hydroxylation is 1. The number of carbonyl (C=O) groups excluding carboxylic acids is 1. The van der Waals surface area contributed by atoms with Crippen molar-refractivity contribution in [2.75, 3.05) is 10.6 Å². The maximum absolute atomic E-state index is 13.0. The monoisotopic (exact) mass is 560 g/mol. The van der Waals surface area contributed by atoms with Gasteiger partial charge in [-0.2, -0.15) is 0 Å². The van der Waals surface area contributed by atoms with Crippen molar-refractivity contribution in [3.63, 3.8) is 0 Å². The first-order valence-corrected chi connectivity index (χ1v) is 13.5. The zero-order chi connectivity index (χ0) is 29.9. The van der Waals surface area contributed by atoms with Gasteiger partial charge in [0.15, 0.2) is 5.82 Å². The van der Waals surface area contributed by atoms with Gasteiger partial charge in [0.25, 0.3) is 11.5 Å². The molecular weight excluding hydrogens is 528 g/mol. The average Bonchev–Trinajstić information content (AvgIpc) is 2.97. The third kappa shape index (κ3) is 6.36. The minimum Gasteiger partial charge on any atom is -0.456 e. The third-order valence-corrected chi connectivity index (χ3v) is 6.69. The van der Waals surface area contributed by atoms with Crippen LogP contribution in [0.4, 0.5) is 17.2 Å². The van der Waals surface area contributed by atoms with Gasteiger partial charge in [0.1, 0.15) is 11.5 Å². The van der Waals surface area contributed by atoms with Crippen molar-refractivity contribution in [1.29, 1.82) is 0 Å². The first-order valence-electron chi connectivity index (χ1n) is 13.5. The van der Waals surface area contributed by atoms with E-state index in [9.17, 15) is 9.59 Å². The van der Waals surface area contributed by atoms with E-state index in [-0.39, 0.29) is 22.7 Å². The number of aromatic nitrogens is 4. The van der Waals surface area contributed by atoms with Crippen molar-refractivity contribution in [2.24, 2.45) is 7.05 Å². The van der Waals surface area contributed by atoms with Crippen molar-refractivity contribution in [3.8, 4) is 22.8 Å². The summed E-state index contributed by atoms with van der Waals surface area (Å²) in [5, 5.41) is 6.13. The smallest absolute Gasteiger partial charge is 0.293 e. The summed E-state index contributed by atoms with van der Waals surface area (Å²) in [5.74, 6) is 1.09. The quantitative estimate of drug-likeness (QED) is 0.230. The summed E-state index contributed by atoms with van der Waals surface area (Å²) in [6.07, 6.45) is 6.57. The maximum atomic E-state index is 13.0. The highest BCUT2D eigenvalue weighted by atomic mass is 16.5. The van der Waals surface area contributed by atoms with Crippen LogP contribution in [0.15, 0.2) is 96.3 Å². The Balaban J connectivity index is 1.39. The summed E-state index contributed by atoms with van der Waals surface area (Å²) in [4.78, 5) is 39.2. The maximum Gasteiger partial charge on any atom is 0.293 e. The molecule has 2 N–H and O–H groups in total. The molecular formula is C33H32N6O3. The Kier molecular flexibility index (Phi) is 7.84. The molecule has 0 fully saturated rings. The number of benzene rings is 2. The van der Waals surface area contributed by atoms with Crippen molar-refractivity contribution in [1.82, 2.24) is 19.5 Å². The molecule has 9 heteroatoms. The van der Waals surface area contributed by atoms with Gasteiger partial charge in [0.05, 0.1) is 17.5 Å². The molecule has 0 saturated carbocycles. The van der Waals surface area contributed by atoms with E-state index >= 15 is 0 Å². The molecule has 0 atom stereocenters. The summed E-state index contributed by atoms with van der Waals surface area (Å²) in [7, 11) is 1.68. The Hall–Kier alpha value is -5.31. The second-order valence-electron chi connectivity index (χ2n) is 10.9. The molecule has 3 aromatic heterocycles. The zero-order valence-electron chi connectivity index (χ0n) is 24.2. The predicted octanol–water partition coefficient (Wildman–Crippen LogP) is 6.63. The van der Waals surface area contributed by atoms with Crippen LogP contribution in [-0.2, 0) is 12.5 Å². The van der Waals surface area contributed by atoms with Crippen LogP contribution in [0.3, 0.4) is 0 Å². The lowest BCUT2D eigenvalue weighted by Crippen LogP contribution is -2.21. The highest BCUT2D eigenvalue weighted by molar-refractivity contribution is 6.04. The Morgan fingerprint density at radius 1 is 0.952 bits per heavy atom. The molecule has 212 valence electrons. The lowest BCUT2D eigenvalue weighted by molar-refractivity contribution is 0.102. The number of rotatable bonds is 7. The molecule has 0 unspecified atom stereocenters. The fraction of sp³-hybridized carbons (Fsp3) is 0.182. The van der Waals surface area contributed by atoms with Gasteiger partial charge in [0, 0.05) is 59.8 Å². The van der Waals surface area contributed by atoms with Crippen molar-refractivity contribution < 1.29 is 9.53 Å². The predicted molar refractivity (Wildman–Crippen MR) is 165 cm³/mol. The largest absolute Gasteiger partial charge is 0.456 e. The van der Waals surface area contributed by atoms with E-state index < -0.39 is 0 Å². The molecule has 5 rings (SSSR count). The van der Waals surface area contributed by atoms with Crippen molar-refractivity contribution in [3.05, 3.63) is 119 Å². The number of carbonyl (C=O) groups is 1.